The second-order valence-electron chi connectivity index (χ2n) is 6.39. The fourth-order valence-corrected chi connectivity index (χ4v) is 5.05. The summed E-state index contributed by atoms with van der Waals surface area (Å²) in [6.07, 6.45) is 0.322. The lowest BCUT2D eigenvalue weighted by Crippen LogP contribution is -2.47. The molecular weight excluding hydrogens is 490 g/mol. The molecule has 1 atom stereocenters. The first-order valence-electron chi connectivity index (χ1n) is 8.40. The lowest BCUT2D eigenvalue weighted by molar-refractivity contribution is -0.129. The lowest BCUT2D eigenvalue weighted by Gasteiger charge is -2.42. The van der Waals surface area contributed by atoms with Crippen molar-refractivity contribution in [1.82, 2.24) is 4.90 Å². The third-order valence-electron chi connectivity index (χ3n) is 4.76. The van der Waals surface area contributed by atoms with Crippen LogP contribution in [-0.2, 0) is 4.79 Å². The zero-order chi connectivity index (χ0) is 19.0. The minimum Gasteiger partial charge on any atom is -0.344 e. The van der Waals surface area contributed by atoms with Gasteiger partial charge in [-0.2, -0.15) is 5.26 Å². The Kier molecular flexibility index (Phi) is 5.31. The molecule has 0 spiro atoms. The zero-order valence-corrected chi connectivity index (χ0v) is 18.2. The maximum atomic E-state index is 12.9. The molecule has 1 fully saturated rings. The Morgan fingerprint density at radius 2 is 1.67 bits per heavy atom. The van der Waals surface area contributed by atoms with Gasteiger partial charge in [-0.3, -0.25) is 9.69 Å². The van der Waals surface area contributed by atoms with Crippen molar-refractivity contribution >= 4 is 55.2 Å². The smallest absolute Gasteiger partial charge is 0.229 e. The fraction of sp³-hybridized carbons (Fsp3) is 0.200. The highest BCUT2D eigenvalue weighted by molar-refractivity contribution is 9.10. The van der Waals surface area contributed by atoms with Crippen molar-refractivity contribution in [3.63, 3.8) is 0 Å². The van der Waals surface area contributed by atoms with E-state index in [2.05, 4.69) is 42.8 Å². The summed E-state index contributed by atoms with van der Waals surface area (Å²) in [4.78, 5) is 16.8. The lowest BCUT2D eigenvalue weighted by atomic mass is 9.86. The van der Waals surface area contributed by atoms with Crippen LogP contribution >= 0.6 is 43.6 Å². The molecule has 7 heteroatoms. The number of carbonyl (C=O) groups is 1. The normalized spacial score (nSPS) is 19.7. The standard InChI is InChI=1S/C20H15Br2N3OS/c21-14-3-1-13(2-4-14)17-9-19(26)25-11-24(12-27-20(25)18(17)10-23)16-7-5-15(22)6-8-16/h1-8,17H,9,11-12H2/t17-/m0/s1. The summed E-state index contributed by atoms with van der Waals surface area (Å²) in [5, 5.41) is 10.6. The van der Waals surface area contributed by atoms with E-state index in [1.165, 1.54) is 0 Å². The highest BCUT2D eigenvalue weighted by atomic mass is 79.9. The minimum atomic E-state index is -0.173. The van der Waals surface area contributed by atoms with Gasteiger partial charge in [0.05, 0.1) is 29.2 Å². The number of amides is 1. The van der Waals surface area contributed by atoms with Gasteiger partial charge in [0.15, 0.2) is 0 Å². The SMILES string of the molecule is N#CC1=C2SCN(c3ccc(Br)cc3)CN2C(=O)C[C@H]1c1ccc(Br)cc1. The molecule has 4 nitrogen and oxygen atoms in total. The summed E-state index contributed by atoms with van der Waals surface area (Å²) in [6.45, 7) is 0.473. The molecule has 0 bridgehead atoms. The molecule has 1 saturated heterocycles. The summed E-state index contributed by atoms with van der Waals surface area (Å²) >= 11 is 8.45. The van der Waals surface area contributed by atoms with E-state index in [0.29, 0.717) is 24.5 Å². The Hall–Kier alpha value is -1.75. The first-order valence-corrected chi connectivity index (χ1v) is 11.0. The van der Waals surface area contributed by atoms with Crippen molar-refractivity contribution in [2.75, 3.05) is 17.4 Å². The van der Waals surface area contributed by atoms with Crippen LogP contribution in [0.25, 0.3) is 0 Å². The van der Waals surface area contributed by atoms with Crippen LogP contribution in [0.1, 0.15) is 17.9 Å². The molecule has 1 amide bonds. The number of hydrogen-bond donors (Lipinski definition) is 0. The number of anilines is 1. The van der Waals surface area contributed by atoms with E-state index in [-0.39, 0.29) is 11.8 Å². The summed E-state index contributed by atoms with van der Waals surface area (Å²) < 4.78 is 2.01. The van der Waals surface area contributed by atoms with Crippen molar-refractivity contribution in [2.24, 2.45) is 0 Å². The number of rotatable bonds is 2. The van der Waals surface area contributed by atoms with E-state index in [1.807, 2.05) is 48.5 Å². The molecule has 0 radical (unpaired) electrons. The van der Waals surface area contributed by atoms with Crippen LogP contribution in [0.4, 0.5) is 5.69 Å². The zero-order valence-electron chi connectivity index (χ0n) is 14.2. The van der Waals surface area contributed by atoms with Gasteiger partial charge in [0, 0.05) is 27.0 Å². The maximum Gasteiger partial charge on any atom is 0.229 e. The van der Waals surface area contributed by atoms with Gasteiger partial charge in [0.25, 0.3) is 0 Å². The number of carbonyl (C=O) groups excluding carboxylic acids is 1. The monoisotopic (exact) mass is 503 g/mol. The summed E-state index contributed by atoms with van der Waals surface area (Å²) in [7, 11) is 0. The third-order valence-corrected chi connectivity index (χ3v) is 6.97. The van der Waals surface area contributed by atoms with Crippen LogP contribution in [0.5, 0.6) is 0 Å². The highest BCUT2D eigenvalue weighted by Gasteiger charge is 2.38. The van der Waals surface area contributed by atoms with Crippen LogP contribution in [0.3, 0.4) is 0 Å². The highest BCUT2D eigenvalue weighted by Crippen LogP contribution is 2.43. The summed E-state index contributed by atoms with van der Waals surface area (Å²) in [6, 6.07) is 18.3. The average Bonchev–Trinajstić information content (AvgIpc) is 2.69. The number of benzene rings is 2. The number of nitriles is 1. The Balaban J connectivity index is 1.65. The van der Waals surface area contributed by atoms with Crippen LogP contribution < -0.4 is 4.90 Å². The molecular formula is C20H15Br2N3OS. The molecule has 2 aromatic carbocycles. The molecule has 0 aliphatic carbocycles. The molecule has 2 aromatic rings. The molecule has 4 rings (SSSR count). The van der Waals surface area contributed by atoms with Crippen LogP contribution in [-0.4, -0.2) is 23.4 Å². The van der Waals surface area contributed by atoms with E-state index in [1.54, 1.807) is 16.7 Å². The number of thioether (sulfide) groups is 1. The first kappa shape index (κ1) is 18.6. The second kappa shape index (κ2) is 7.70. The van der Waals surface area contributed by atoms with Gasteiger partial charge in [0.1, 0.15) is 0 Å². The first-order chi connectivity index (χ1) is 13.1. The van der Waals surface area contributed by atoms with E-state index >= 15 is 0 Å². The molecule has 0 aromatic heterocycles. The van der Waals surface area contributed by atoms with Crippen LogP contribution in [0.15, 0.2) is 68.1 Å². The number of nitrogens with zero attached hydrogens (tertiary/aromatic N) is 3. The van der Waals surface area contributed by atoms with Gasteiger partial charge in [0.2, 0.25) is 5.91 Å². The Labute approximate surface area is 179 Å². The Morgan fingerprint density at radius 3 is 2.30 bits per heavy atom. The topological polar surface area (TPSA) is 47.3 Å². The Bertz CT molecular complexity index is 951. The average molecular weight is 505 g/mol. The van der Waals surface area contributed by atoms with Gasteiger partial charge in [-0.05, 0) is 42.0 Å². The van der Waals surface area contributed by atoms with Crippen LogP contribution in [0, 0.1) is 11.3 Å². The predicted octanol–water partition coefficient (Wildman–Crippen LogP) is 5.43. The largest absolute Gasteiger partial charge is 0.344 e. The number of hydrogen-bond acceptors (Lipinski definition) is 4. The van der Waals surface area contributed by atoms with E-state index < -0.39 is 0 Å². The molecule has 0 unspecified atom stereocenters. The molecule has 27 heavy (non-hydrogen) atoms. The number of fused-ring (bicyclic) bond motifs is 1. The molecule has 2 aliphatic heterocycles. The fourth-order valence-electron chi connectivity index (χ4n) is 3.36. The minimum absolute atomic E-state index is 0.0613. The summed E-state index contributed by atoms with van der Waals surface area (Å²) in [5.74, 6) is 0.596. The second-order valence-corrected chi connectivity index (χ2v) is 9.16. The number of halogens is 2. The van der Waals surface area contributed by atoms with Crippen molar-refractivity contribution in [3.8, 4) is 6.07 Å². The molecule has 2 heterocycles. The van der Waals surface area contributed by atoms with Gasteiger partial charge >= 0.3 is 0 Å². The van der Waals surface area contributed by atoms with Crippen molar-refractivity contribution in [2.45, 2.75) is 12.3 Å². The third kappa shape index (κ3) is 3.66. The van der Waals surface area contributed by atoms with E-state index in [9.17, 15) is 10.1 Å². The molecule has 136 valence electrons. The van der Waals surface area contributed by atoms with Gasteiger partial charge < -0.3 is 4.90 Å². The molecule has 0 saturated carbocycles. The number of allylic oxidation sites excluding steroid dienone is 1. The van der Waals surface area contributed by atoms with Gasteiger partial charge in [-0.1, -0.05) is 55.8 Å². The molecule has 0 N–H and O–H groups in total. The van der Waals surface area contributed by atoms with Gasteiger partial charge in [-0.15, -0.1) is 0 Å². The predicted molar refractivity (Wildman–Crippen MR) is 115 cm³/mol. The molecule has 2 aliphatic rings. The van der Waals surface area contributed by atoms with Crippen molar-refractivity contribution in [1.29, 1.82) is 5.26 Å². The summed E-state index contributed by atoms with van der Waals surface area (Å²) in [5.41, 5.74) is 2.76. The Morgan fingerprint density at radius 1 is 1.04 bits per heavy atom. The van der Waals surface area contributed by atoms with Gasteiger partial charge in [-0.25, -0.2) is 0 Å². The van der Waals surface area contributed by atoms with Crippen LogP contribution in [0.2, 0.25) is 0 Å². The van der Waals surface area contributed by atoms with E-state index in [0.717, 1.165) is 25.2 Å². The van der Waals surface area contributed by atoms with E-state index in [4.69, 9.17) is 0 Å². The maximum absolute atomic E-state index is 12.9. The quantitative estimate of drug-likeness (QED) is 0.547. The van der Waals surface area contributed by atoms with Crippen molar-refractivity contribution in [3.05, 3.63) is 73.6 Å². The van der Waals surface area contributed by atoms with Crippen molar-refractivity contribution < 1.29 is 4.79 Å².